The van der Waals surface area contributed by atoms with E-state index in [0.29, 0.717) is 5.56 Å². The van der Waals surface area contributed by atoms with E-state index in [4.69, 9.17) is 5.73 Å². The minimum atomic E-state index is -0.413. The third-order valence-electron chi connectivity index (χ3n) is 2.60. The highest BCUT2D eigenvalue weighted by molar-refractivity contribution is 5.28. The summed E-state index contributed by atoms with van der Waals surface area (Å²) in [5.74, 6) is -0.171. The lowest BCUT2D eigenvalue weighted by atomic mass is 9.88. The van der Waals surface area contributed by atoms with Crippen molar-refractivity contribution in [3.63, 3.8) is 0 Å². The Kier molecular flexibility index (Phi) is 3.27. The van der Waals surface area contributed by atoms with Gasteiger partial charge in [-0.3, -0.25) is 0 Å². The maximum Gasteiger partial charge on any atom is 0.126 e. The van der Waals surface area contributed by atoms with Crippen LogP contribution in [-0.2, 0) is 5.54 Å². The molecular formula is C12H18FN. The number of aryl methyl sites for hydroxylation is 1. The van der Waals surface area contributed by atoms with Crippen LogP contribution < -0.4 is 5.73 Å². The summed E-state index contributed by atoms with van der Waals surface area (Å²) in [6, 6.07) is 5.24. The predicted molar refractivity (Wildman–Crippen MR) is 57.6 cm³/mol. The molecule has 0 heterocycles. The Morgan fingerprint density at radius 2 is 2.07 bits per heavy atom. The van der Waals surface area contributed by atoms with Crippen molar-refractivity contribution in [1.29, 1.82) is 0 Å². The average Bonchev–Trinajstić information content (AvgIpc) is 2.09. The number of rotatable bonds is 3. The summed E-state index contributed by atoms with van der Waals surface area (Å²) in [7, 11) is 0. The fourth-order valence-corrected chi connectivity index (χ4v) is 1.61. The van der Waals surface area contributed by atoms with E-state index in [2.05, 4.69) is 6.92 Å². The molecule has 1 aromatic rings. The van der Waals surface area contributed by atoms with Crippen LogP contribution >= 0.6 is 0 Å². The van der Waals surface area contributed by atoms with Crippen LogP contribution in [0.1, 0.15) is 37.8 Å². The molecule has 0 bridgehead atoms. The van der Waals surface area contributed by atoms with Crippen LogP contribution in [0.3, 0.4) is 0 Å². The minimum Gasteiger partial charge on any atom is -0.322 e. The van der Waals surface area contributed by atoms with E-state index in [9.17, 15) is 4.39 Å². The molecule has 0 aliphatic rings. The largest absolute Gasteiger partial charge is 0.322 e. The highest BCUT2D eigenvalue weighted by atomic mass is 19.1. The van der Waals surface area contributed by atoms with Crippen LogP contribution in [-0.4, -0.2) is 0 Å². The molecule has 78 valence electrons. The van der Waals surface area contributed by atoms with Crippen molar-refractivity contribution < 1.29 is 4.39 Å². The van der Waals surface area contributed by atoms with Crippen molar-refractivity contribution in [2.75, 3.05) is 0 Å². The summed E-state index contributed by atoms with van der Waals surface area (Å²) in [6.45, 7) is 5.78. The van der Waals surface area contributed by atoms with Gasteiger partial charge in [-0.05, 0) is 37.5 Å². The second-order valence-corrected chi connectivity index (χ2v) is 4.13. The third kappa shape index (κ3) is 2.32. The summed E-state index contributed by atoms with van der Waals surface area (Å²) in [4.78, 5) is 0. The lowest BCUT2D eigenvalue weighted by Gasteiger charge is -2.24. The second kappa shape index (κ2) is 4.09. The predicted octanol–water partition coefficient (Wildman–Crippen LogP) is 3.11. The average molecular weight is 195 g/mol. The van der Waals surface area contributed by atoms with Crippen LogP contribution in [0, 0.1) is 12.7 Å². The van der Waals surface area contributed by atoms with Crippen molar-refractivity contribution in [2.45, 2.75) is 39.2 Å². The molecule has 14 heavy (non-hydrogen) atoms. The fourth-order valence-electron chi connectivity index (χ4n) is 1.61. The van der Waals surface area contributed by atoms with Gasteiger partial charge in [0.15, 0.2) is 0 Å². The standard InChI is InChI=1S/C12H18FN/c1-4-7-12(3,14)10-6-5-9(2)11(13)8-10/h5-6,8H,4,7,14H2,1-3H3. The number of benzene rings is 1. The first kappa shape index (κ1) is 11.2. The zero-order valence-corrected chi connectivity index (χ0v) is 9.10. The number of nitrogens with two attached hydrogens (primary N) is 1. The van der Waals surface area contributed by atoms with Gasteiger partial charge in [0.2, 0.25) is 0 Å². The highest BCUT2D eigenvalue weighted by Gasteiger charge is 2.20. The van der Waals surface area contributed by atoms with Crippen LogP contribution in [0.4, 0.5) is 4.39 Å². The molecule has 0 spiro atoms. The van der Waals surface area contributed by atoms with Crippen molar-refractivity contribution in [3.8, 4) is 0 Å². The summed E-state index contributed by atoms with van der Waals surface area (Å²) >= 11 is 0. The van der Waals surface area contributed by atoms with Crippen LogP contribution in [0.15, 0.2) is 18.2 Å². The first-order valence-electron chi connectivity index (χ1n) is 5.03. The molecule has 0 aliphatic carbocycles. The first-order valence-corrected chi connectivity index (χ1v) is 5.03. The quantitative estimate of drug-likeness (QED) is 0.788. The lowest BCUT2D eigenvalue weighted by molar-refractivity contribution is 0.443. The first-order chi connectivity index (χ1) is 6.47. The molecule has 1 atom stereocenters. The van der Waals surface area contributed by atoms with Gasteiger partial charge in [0.05, 0.1) is 0 Å². The van der Waals surface area contributed by atoms with Crippen molar-refractivity contribution >= 4 is 0 Å². The van der Waals surface area contributed by atoms with Crippen LogP contribution in [0.2, 0.25) is 0 Å². The lowest BCUT2D eigenvalue weighted by Crippen LogP contribution is -2.32. The van der Waals surface area contributed by atoms with Crippen molar-refractivity contribution in [2.24, 2.45) is 5.73 Å². The molecule has 0 amide bonds. The Bertz CT molecular complexity index is 318. The molecule has 1 unspecified atom stereocenters. The van der Waals surface area contributed by atoms with Gasteiger partial charge in [-0.1, -0.05) is 25.5 Å². The maximum absolute atomic E-state index is 13.3. The summed E-state index contributed by atoms with van der Waals surface area (Å²) < 4.78 is 13.3. The SMILES string of the molecule is CCCC(C)(N)c1ccc(C)c(F)c1. The molecular weight excluding hydrogens is 177 g/mol. The maximum atomic E-state index is 13.3. The molecule has 0 saturated heterocycles. The van der Waals surface area contributed by atoms with E-state index in [1.165, 1.54) is 0 Å². The topological polar surface area (TPSA) is 26.0 Å². The Hall–Kier alpha value is -0.890. The van der Waals surface area contributed by atoms with E-state index in [1.807, 2.05) is 13.0 Å². The van der Waals surface area contributed by atoms with Gasteiger partial charge in [0.1, 0.15) is 5.82 Å². The van der Waals surface area contributed by atoms with E-state index < -0.39 is 5.54 Å². The van der Waals surface area contributed by atoms with Gasteiger partial charge in [0.25, 0.3) is 0 Å². The van der Waals surface area contributed by atoms with Crippen LogP contribution in [0.25, 0.3) is 0 Å². The Labute approximate surface area is 85.1 Å². The van der Waals surface area contributed by atoms with Gasteiger partial charge in [0, 0.05) is 5.54 Å². The van der Waals surface area contributed by atoms with Crippen molar-refractivity contribution in [1.82, 2.24) is 0 Å². The highest BCUT2D eigenvalue weighted by Crippen LogP contribution is 2.24. The normalized spacial score (nSPS) is 15.2. The van der Waals surface area contributed by atoms with Gasteiger partial charge >= 0.3 is 0 Å². The molecule has 2 N–H and O–H groups in total. The third-order valence-corrected chi connectivity index (χ3v) is 2.60. The van der Waals surface area contributed by atoms with E-state index in [-0.39, 0.29) is 5.82 Å². The van der Waals surface area contributed by atoms with E-state index in [1.54, 1.807) is 19.1 Å². The van der Waals surface area contributed by atoms with Gasteiger partial charge in [-0.2, -0.15) is 0 Å². The summed E-state index contributed by atoms with van der Waals surface area (Å²) in [5.41, 5.74) is 7.23. The molecule has 0 aromatic heterocycles. The molecule has 0 saturated carbocycles. The summed E-state index contributed by atoms with van der Waals surface area (Å²) in [5, 5.41) is 0. The smallest absolute Gasteiger partial charge is 0.126 e. The van der Waals surface area contributed by atoms with Crippen LogP contribution in [0.5, 0.6) is 0 Å². The number of hydrogen-bond acceptors (Lipinski definition) is 1. The zero-order chi connectivity index (χ0) is 10.8. The van der Waals surface area contributed by atoms with Gasteiger partial charge in [-0.15, -0.1) is 0 Å². The molecule has 1 rings (SSSR count). The van der Waals surface area contributed by atoms with E-state index >= 15 is 0 Å². The number of halogens is 1. The molecule has 0 radical (unpaired) electrons. The fraction of sp³-hybridized carbons (Fsp3) is 0.500. The van der Waals surface area contributed by atoms with Gasteiger partial charge < -0.3 is 5.73 Å². The number of hydrogen-bond donors (Lipinski definition) is 1. The molecule has 1 aromatic carbocycles. The molecule has 1 nitrogen and oxygen atoms in total. The van der Waals surface area contributed by atoms with Crippen molar-refractivity contribution in [3.05, 3.63) is 35.1 Å². The summed E-state index contributed by atoms with van der Waals surface area (Å²) in [6.07, 6.45) is 1.87. The van der Waals surface area contributed by atoms with Gasteiger partial charge in [-0.25, -0.2) is 4.39 Å². The Morgan fingerprint density at radius 3 is 2.57 bits per heavy atom. The molecule has 0 fully saturated rings. The van der Waals surface area contributed by atoms with E-state index in [0.717, 1.165) is 18.4 Å². The molecule has 2 heteroatoms. The zero-order valence-electron chi connectivity index (χ0n) is 9.10. The minimum absolute atomic E-state index is 0.171. The second-order valence-electron chi connectivity index (χ2n) is 4.13. The Balaban J connectivity index is 3.01. The monoisotopic (exact) mass is 195 g/mol. The Morgan fingerprint density at radius 1 is 1.43 bits per heavy atom. The molecule has 0 aliphatic heterocycles.